The largest absolute Gasteiger partial charge is 0.270 e. The van der Waals surface area contributed by atoms with E-state index in [9.17, 15) is 4.79 Å². The third-order valence-electron chi connectivity index (χ3n) is 3.61. The lowest BCUT2D eigenvalue weighted by Crippen LogP contribution is -2.42. The zero-order chi connectivity index (χ0) is 16.9. The highest BCUT2D eigenvalue weighted by Gasteiger charge is 2.33. The third-order valence-corrected chi connectivity index (χ3v) is 4.09. The van der Waals surface area contributed by atoms with Gasteiger partial charge in [0.25, 0.3) is 5.91 Å². The van der Waals surface area contributed by atoms with Gasteiger partial charge in [-0.25, -0.2) is 5.48 Å². The van der Waals surface area contributed by atoms with Gasteiger partial charge in [-0.2, -0.15) is 5.10 Å². The van der Waals surface area contributed by atoms with Crippen LogP contribution in [0, 0.1) is 6.92 Å². The van der Waals surface area contributed by atoms with Crippen molar-refractivity contribution < 1.29 is 9.63 Å². The van der Waals surface area contributed by atoms with Gasteiger partial charge in [0.15, 0.2) is 0 Å². The summed E-state index contributed by atoms with van der Waals surface area (Å²) in [5.41, 5.74) is 5.41. The molecule has 7 heteroatoms. The first kappa shape index (κ1) is 16.6. The molecule has 2 heterocycles. The molecular formula is C17H17BrN4O2. The van der Waals surface area contributed by atoms with E-state index >= 15 is 0 Å². The smallest absolute Gasteiger partial charge is 0.268 e. The predicted molar refractivity (Wildman–Crippen MR) is 95.6 cm³/mol. The monoisotopic (exact) mass is 388 g/mol. The maximum absolute atomic E-state index is 12.4. The van der Waals surface area contributed by atoms with Crippen LogP contribution in [0.3, 0.4) is 0 Å². The molecule has 1 aliphatic heterocycles. The fourth-order valence-electron chi connectivity index (χ4n) is 2.35. The maximum atomic E-state index is 12.4. The van der Waals surface area contributed by atoms with Crippen LogP contribution < -0.4 is 10.5 Å². The van der Waals surface area contributed by atoms with Crippen LogP contribution in [0.4, 0.5) is 5.69 Å². The highest BCUT2D eigenvalue weighted by molar-refractivity contribution is 9.18. The van der Waals surface area contributed by atoms with Gasteiger partial charge in [0.2, 0.25) is 0 Å². The van der Waals surface area contributed by atoms with Crippen molar-refractivity contribution in [2.75, 3.05) is 5.01 Å². The minimum absolute atomic E-state index is 0.238. The Balaban J connectivity index is 1.62. The number of pyridine rings is 1. The lowest BCUT2D eigenvalue weighted by Gasteiger charge is -2.22. The van der Waals surface area contributed by atoms with Crippen LogP contribution in [0.15, 0.2) is 53.9 Å². The molecule has 0 radical (unpaired) electrons. The molecule has 0 fully saturated rings. The van der Waals surface area contributed by atoms with Crippen LogP contribution in [0.2, 0.25) is 0 Å². The quantitative estimate of drug-likeness (QED) is 0.799. The van der Waals surface area contributed by atoms with Gasteiger partial charge in [0.05, 0.1) is 5.69 Å². The number of aromatic nitrogens is 1. The van der Waals surface area contributed by atoms with Crippen molar-refractivity contribution in [1.82, 2.24) is 10.5 Å². The normalized spacial score (nSPS) is 16.8. The molecule has 1 aliphatic rings. The minimum Gasteiger partial charge on any atom is -0.270 e. The number of hydroxylamine groups is 1. The molecule has 1 aromatic heterocycles. The Morgan fingerprint density at radius 3 is 2.88 bits per heavy atom. The fraction of sp³-hybridized carbons (Fsp3) is 0.235. The number of benzene rings is 1. The summed E-state index contributed by atoms with van der Waals surface area (Å²) in [6, 6.07) is 11.1. The Hall–Kier alpha value is -2.25. The number of aryl methyl sites for hydroxylation is 1. The topological polar surface area (TPSA) is 66.8 Å². The van der Waals surface area contributed by atoms with Crippen LogP contribution in [0.25, 0.3) is 0 Å². The first-order valence-corrected chi connectivity index (χ1v) is 8.32. The standard InChI is InChI=1S/C17H17BrN4O2/c1-12-4-6-14(7-5-12)22-15(9-16(18)20-22)17(23)21-24-11-13-3-2-8-19-10-13/h2-8,10,15H,9,11H2,1H3,(H,21,23). The number of nitrogens with zero attached hydrogens (tertiary/aromatic N) is 3. The van der Waals surface area contributed by atoms with Gasteiger partial charge in [-0.1, -0.05) is 23.8 Å². The van der Waals surface area contributed by atoms with Crippen molar-refractivity contribution in [1.29, 1.82) is 0 Å². The van der Waals surface area contributed by atoms with Crippen LogP contribution >= 0.6 is 15.9 Å². The average Bonchev–Trinajstić information content (AvgIpc) is 2.98. The molecule has 1 atom stereocenters. The van der Waals surface area contributed by atoms with Crippen molar-refractivity contribution in [2.24, 2.45) is 5.10 Å². The summed E-state index contributed by atoms with van der Waals surface area (Å²) in [7, 11) is 0. The van der Waals surface area contributed by atoms with Crippen molar-refractivity contribution >= 4 is 32.1 Å². The van der Waals surface area contributed by atoms with Gasteiger partial charge in [-0.05, 0) is 46.6 Å². The molecule has 3 rings (SSSR count). The summed E-state index contributed by atoms with van der Waals surface area (Å²) in [5, 5.41) is 6.10. The van der Waals surface area contributed by atoms with E-state index in [4.69, 9.17) is 4.84 Å². The molecule has 2 aromatic rings. The summed E-state index contributed by atoms with van der Waals surface area (Å²) in [5.74, 6) is -0.238. The van der Waals surface area contributed by atoms with Crippen molar-refractivity contribution in [3.63, 3.8) is 0 Å². The van der Waals surface area contributed by atoms with Crippen molar-refractivity contribution in [2.45, 2.75) is 26.0 Å². The minimum atomic E-state index is -0.448. The first-order valence-electron chi connectivity index (χ1n) is 7.53. The number of rotatable bonds is 5. The molecule has 0 bridgehead atoms. The van der Waals surface area contributed by atoms with Gasteiger partial charge < -0.3 is 0 Å². The van der Waals surface area contributed by atoms with Crippen LogP contribution in [0.5, 0.6) is 0 Å². The van der Waals surface area contributed by atoms with Gasteiger partial charge in [0.1, 0.15) is 17.3 Å². The molecule has 0 saturated carbocycles. The molecule has 1 unspecified atom stereocenters. The molecular weight excluding hydrogens is 372 g/mol. The molecule has 6 nitrogen and oxygen atoms in total. The maximum Gasteiger partial charge on any atom is 0.268 e. The highest BCUT2D eigenvalue weighted by Crippen LogP contribution is 2.26. The van der Waals surface area contributed by atoms with Gasteiger partial charge in [0, 0.05) is 18.8 Å². The number of nitrogens with one attached hydrogen (secondary N) is 1. The van der Waals surface area contributed by atoms with E-state index in [0.717, 1.165) is 21.4 Å². The van der Waals surface area contributed by atoms with Crippen LogP contribution in [-0.2, 0) is 16.2 Å². The number of hydrazone groups is 1. The Labute approximate surface area is 148 Å². The van der Waals surface area contributed by atoms with E-state index in [0.29, 0.717) is 6.42 Å². The Morgan fingerprint density at radius 2 is 2.17 bits per heavy atom. The van der Waals surface area contributed by atoms with E-state index in [1.165, 1.54) is 0 Å². The first-order chi connectivity index (χ1) is 11.6. The fourth-order valence-corrected chi connectivity index (χ4v) is 2.83. The lowest BCUT2D eigenvalue weighted by molar-refractivity contribution is -0.135. The molecule has 1 amide bonds. The zero-order valence-corrected chi connectivity index (χ0v) is 14.7. The molecule has 1 N–H and O–H groups in total. The van der Waals surface area contributed by atoms with Gasteiger partial charge in [-0.3, -0.25) is 19.6 Å². The lowest BCUT2D eigenvalue weighted by atomic mass is 10.1. The number of hydrogen-bond acceptors (Lipinski definition) is 5. The second-order valence-corrected chi connectivity index (χ2v) is 6.41. The molecule has 0 aliphatic carbocycles. The van der Waals surface area contributed by atoms with E-state index in [2.05, 4.69) is 31.5 Å². The van der Waals surface area contributed by atoms with E-state index in [-0.39, 0.29) is 12.5 Å². The number of amides is 1. The molecule has 0 saturated heterocycles. The Morgan fingerprint density at radius 1 is 1.38 bits per heavy atom. The second-order valence-electron chi connectivity index (χ2n) is 5.49. The molecule has 1 aromatic carbocycles. The Kier molecular flexibility index (Phi) is 5.22. The van der Waals surface area contributed by atoms with Crippen LogP contribution in [0.1, 0.15) is 17.5 Å². The number of carbonyl (C=O) groups is 1. The van der Waals surface area contributed by atoms with Crippen LogP contribution in [-0.4, -0.2) is 21.6 Å². The Bertz CT molecular complexity index is 734. The highest BCUT2D eigenvalue weighted by atomic mass is 79.9. The summed E-state index contributed by atoms with van der Waals surface area (Å²) in [4.78, 5) is 21.7. The third kappa shape index (κ3) is 3.98. The van der Waals surface area contributed by atoms with Crippen molar-refractivity contribution in [3.8, 4) is 0 Å². The molecule has 124 valence electrons. The molecule has 0 spiro atoms. The predicted octanol–water partition coefficient (Wildman–Crippen LogP) is 2.93. The van der Waals surface area contributed by atoms with E-state index < -0.39 is 6.04 Å². The average molecular weight is 389 g/mol. The number of carbonyl (C=O) groups excluding carboxylic acids is 1. The molecule has 24 heavy (non-hydrogen) atoms. The zero-order valence-electron chi connectivity index (χ0n) is 13.1. The van der Waals surface area contributed by atoms with Gasteiger partial charge >= 0.3 is 0 Å². The van der Waals surface area contributed by atoms with E-state index in [1.807, 2.05) is 43.3 Å². The van der Waals surface area contributed by atoms with Crippen molar-refractivity contribution in [3.05, 3.63) is 59.9 Å². The number of halogens is 1. The summed E-state index contributed by atoms with van der Waals surface area (Å²) in [6.07, 6.45) is 3.88. The van der Waals surface area contributed by atoms with Gasteiger partial charge in [-0.15, -0.1) is 0 Å². The van der Waals surface area contributed by atoms with E-state index in [1.54, 1.807) is 17.4 Å². The summed E-state index contributed by atoms with van der Waals surface area (Å²) >= 11 is 3.38. The summed E-state index contributed by atoms with van der Waals surface area (Å²) < 4.78 is 0.732. The SMILES string of the molecule is Cc1ccc(N2N=C(Br)CC2C(=O)NOCc2cccnc2)cc1. The number of anilines is 1. The number of hydrogen-bond donors (Lipinski definition) is 1. The second kappa shape index (κ2) is 7.55. The summed E-state index contributed by atoms with van der Waals surface area (Å²) in [6.45, 7) is 2.28.